The Morgan fingerprint density at radius 3 is 3.05 bits per heavy atom. The molecule has 4 heteroatoms. The van der Waals surface area contributed by atoms with Gasteiger partial charge in [-0.05, 0) is 37.6 Å². The molecule has 0 saturated carbocycles. The summed E-state index contributed by atoms with van der Waals surface area (Å²) in [6, 6.07) is 0.801. The van der Waals surface area contributed by atoms with Crippen molar-refractivity contribution in [3.05, 3.63) is 12.0 Å². The number of oxazole rings is 1. The number of nitrogens with one attached hydrogen (secondary N) is 1. The molecule has 1 N–H and O–H groups in total. The third-order valence-electron chi connectivity index (χ3n) is 3.69. The van der Waals surface area contributed by atoms with Gasteiger partial charge in [0, 0.05) is 19.6 Å². The number of hydrogen-bond acceptors (Lipinski definition) is 4. The molecule has 1 fully saturated rings. The van der Waals surface area contributed by atoms with E-state index in [9.17, 15) is 0 Å². The SMILES string of the molecule is CC(C)CNCc1coc(N2CCCC(C)CC2)n1. The normalized spacial score (nSPS) is 20.8. The van der Waals surface area contributed by atoms with Gasteiger partial charge in [0.25, 0.3) is 6.01 Å². The molecule has 0 radical (unpaired) electrons. The summed E-state index contributed by atoms with van der Waals surface area (Å²) in [6.45, 7) is 10.7. The van der Waals surface area contributed by atoms with Crippen molar-refractivity contribution in [2.24, 2.45) is 11.8 Å². The van der Waals surface area contributed by atoms with Crippen LogP contribution in [0.5, 0.6) is 0 Å². The molecule has 0 amide bonds. The molecule has 1 saturated heterocycles. The second kappa shape index (κ2) is 6.94. The van der Waals surface area contributed by atoms with E-state index in [0.29, 0.717) is 5.92 Å². The minimum absolute atomic E-state index is 0.665. The predicted octanol–water partition coefficient (Wildman–Crippen LogP) is 3.05. The zero-order valence-corrected chi connectivity index (χ0v) is 12.5. The Hall–Kier alpha value is -1.03. The van der Waals surface area contributed by atoms with Crippen LogP contribution in [0.2, 0.25) is 0 Å². The lowest BCUT2D eigenvalue weighted by Crippen LogP contribution is -2.24. The van der Waals surface area contributed by atoms with Crippen molar-refractivity contribution in [3.8, 4) is 0 Å². The molecule has 2 heterocycles. The van der Waals surface area contributed by atoms with Crippen molar-refractivity contribution in [1.82, 2.24) is 10.3 Å². The molecule has 1 aromatic heterocycles. The fourth-order valence-corrected chi connectivity index (χ4v) is 2.47. The smallest absolute Gasteiger partial charge is 0.297 e. The van der Waals surface area contributed by atoms with Gasteiger partial charge in [-0.3, -0.25) is 0 Å². The zero-order chi connectivity index (χ0) is 13.7. The van der Waals surface area contributed by atoms with Gasteiger partial charge in [-0.15, -0.1) is 0 Å². The number of anilines is 1. The molecule has 19 heavy (non-hydrogen) atoms. The molecule has 1 aliphatic rings. The van der Waals surface area contributed by atoms with Crippen LogP contribution in [-0.2, 0) is 6.54 Å². The van der Waals surface area contributed by atoms with Crippen LogP contribution in [0.15, 0.2) is 10.7 Å². The van der Waals surface area contributed by atoms with Crippen molar-refractivity contribution < 1.29 is 4.42 Å². The second-order valence-electron chi connectivity index (χ2n) is 6.17. The van der Waals surface area contributed by atoms with Crippen molar-refractivity contribution in [2.45, 2.75) is 46.6 Å². The highest BCUT2D eigenvalue weighted by Crippen LogP contribution is 2.21. The van der Waals surface area contributed by atoms with E-state index in [1.54, 1.807) is 6.26 Å². The van der Waals surface area contributed by atoms with Crippen molar-refractivity contribution in [3.63, 3.8) is 0 Å². The number of rotatable bonds is 5. The van der Waals surface area contributed by atoms with Gasteiger partial charge < -0.3 is 14.6 Å². The van der Waals surface area contributed by atoms with Crippen LogP contribution in [0, 0.1) is 11.8 Å². The summed E-state index contributed by atoms with van der Waals surface area (Å²) in [4.78, 5) is 6.88. The summed E-state index contributed by atoms with van der Waals surface area (Å²) in [5, 5.41) is 3.40. The van der Waals surface area contributed by atoms with E-state index >= 15 is 0 Å². The average molecular weight is 265 g/mol. The van der Waals surface area contributed by atoms with E-state index in [0.717, 1.165) is 43.8 Å². The van der Waals surface area contributed by atoms with Crippen LogP contribution in [0.4, 0.5) is 6.01 Å². The van der Waals surface area contributed by atoms with Gasteiger partial charge in [-0.1, -0.05) is 20.8 Å². The first-order valence-electron chi connectivity index (χ1n) is 7.55. The Morgan fingerprint density at radius 1 is 1.42 bits per heavy atom. The summed E-state index contributed by atoms with van der Waals surface area (Å²) in [5.41, 5.74) is 1.01. The van der Waals surface area contributed by atoms with Gasteiger partial charge in [0.05, 0.1) is 5.69 Å². The molecule has 108 valence electrons. The number of hydrogen-bond donors (Lipinski definition) is 1. The Labute approximate surface area is 116 Å². The molecular weight excluding hydrogens is 238 g/mol. The van der Waals surface area contributed by atoms with Crippen molar-refractivity contribution in [2.75, 3.05) is 24.5 Å². The van der Waals surface area contributed by atoms with E-state index in [2.05, 4.69) is 36.0 Å². The van der Waals surface area contributed by atoms with Crippen LogP contribution >= 0.6 is 0 Å². The van der Waals surface area contributed by atoms with Crippen LogP contribution < -0.4 is 10.2 Å². The summed E-state index contributed by atoms with van der Waals surface area (Å²) in [5.74, 6) is 1.49. The summed E-state index contributed by atoms with van der Waals surface area (Å²) < 4.78 is 5.63. The van der Waals surface area contributed by atoms with Gasteiger partial charge in [0.1, 0.15) is 6.26 Å². The Balaban J connectivity index is 1.85. The Bertz CT molecular complexity index is 375. The first kappa shape index (κ1) is 14.4. The summed E-state index contributed by atoms with van der Waals surface area (Å²) in [7, 11) is 0. The van der Waals surface area contributed by atoms with E-state index in [1.807, 2.05) is 0 Å². The van der Waals surface area contributed by atoms with Gasteiger partial charge >= 0.3 is 0 Å². The fraction of sp³-hybridized carbons (Fsp3) is 0.800. The topological polar surface area (TPSA) is 41.3 Å². The monoisotopic (exact) mass is 265 g/mol. The van der Waals surface area contributed by atoms with Gasteiger partial charge in [0.15, 0.2) is 0 Å². The molecule has 1 unspecified atom stereocenters. The predicted molar refractivity (Wildman–Crippen MR) is 78.3 cm³/mol. The van der Waals surface area contributed by atoms with Crippen LogP contribution in [-0.4, -0.2) is 24.6 Å². The van der Waals surface area contributed by atoms with E-state index in [1.165, 1.54) is 19.3 Å². The third kappa shape index (κ3) is 4.53. The van der Waals surface area contributed by atoms with Gasteiger partial charge in [-0.2, -0.15) is 4.98 Å². The van der Waals surface area contributed by atoms with Gasteiger partial charge in [-0.25, -0.2) is 0 Å². The minimum atomic E-state index is 0.665. The standard InChI is InChI=1S/C15H27N3O/c1-12(2)9-16-10-14-11-19-15(17-14)18-7-4-5-13(3)6-8-18/h11-13,16H,4-10H2,1-3H3. The van der Waals surface area contributed by atoms with Gasteiger partial charge in [0.2, 0.25) is 0 Å². The lowest BCUT2D eigenvalue weighted by Gasteiger charge is -2.17. The number of nitrogens with zero attached hydrogens (tertiary/aromatic N) is 2. The lowest BCUT2D eigenvalue weighted by atomic mass is 10.0. The third-order valence-corrected chi connectivity index (χ3v) is 3.69. The maximum Gasteiger partial charge on any atom is 0.297 e. The minimum Gasteiger partial charge on any atom is -0.432 e. The highest BCUT2D eigenvalue weighted by Gasteiger charge is 2.17. The first-order chi connectivity index (χ1) is 9.15. The highest BCUT2D eigenvalue weighted by atomic mass is 16.4. The quantitative estimate of drug-likeness (QED) is 0.888. The van der Waals surface area contributed by atoms with Crippen LogP contribution in [0.25, 0.3) is 0 Å². The van der Waals surface area contributed by atoms with Crippen molar-refractivity contribution in [1.29, 1.82) is 0 Å². The molecule has 2 rings (SSSR count). The molecule has 0 spiro atoms. The summed E-state index contributed by atoms with van der Waals surface area (Å²) >= 11 is 0. The molecule has 1 aromatic rings. The van der Waals surface area contributed by atoms with Crippen LogP contribution in [0.3, 0.4) is 0 Å². The second-order valence-corrected chi connectivity index (χ2v) is 6.17. The zero-order valence-electron chi connectivity index (χ0n) is 12.5. The van der Waals surface area contributed by atoms with E-state index < -0.39 is 0 Å². The maximum atomic E-state index is 5.63. The lowest BCUT2D eigenvalue weighted by molar-refractivity contribution is 0.513. The van der Waals surface area contributed by atoms with E-state index in [4.69, 9.17) is 4.42 Å². The molecule has 0 aromatic carbocycles. The molecular formula is C15H27N3O. The molecule has 1 atom stereocenters. The van der Waals surface area contributed by atoms with E-state index in [-0.39, 0.29) is 0 Å². The van der Waals surface area contributed by atoms with Crippen molar-refractivity contribution >= 4 is 6.01 Å². The molecule has 1 aliphatic heterocycles. The summed E-state index contributed by atoms with van der Waals surface area (Å²) in [6.07, 6.45) is 5.59. The fourth-order valence-electron chi connectivity index (χ4n) is 2.47. The molecule has 0 aliphatic carbocycles. The number of aromatic nitrogens is 1. The molecule has 4 nitrogen and oxygen atoms in total. The molecule has 0 bridgehead atoms. The Kier molecular flexibility index (Phi) is 5.25. The maximum absolute atomic E-state index is 5.63. The van der Waals surface area contributed by atoms with Crippen LogP contribution in [0.1, 0.15) is 45.7 Å². The highest BCUT2D eigenvalue weighted by molar-refractivity contribution is 5.27. The average Bonchev–Trinajstić information content (AvgIpc) is 2.71. The first-order valence-corrected chi connectivity index (χ1v) is 7.55. The largest absolute Gasteiger partial charge is 0.432 e. The Morgan fingerprint density at radius 2 is 2.26 bits per heavy atom.